The predicted octanol–water partition coefficient (Wildman–Crippen LogP) is 2.59. The molecular formula is C17H26N2O3. The Balaban J connectivity index is 2.75. The van der Waals surface area contributed by atoms with Crippen molar-refractivity contribution < 1.29 is 14.3 Å². The van der Waals surface area contributed by atoms with E-state index in [-0.39, 0.29) is 17.9 Å². The summed E-state index contributed by atoms with van der Waals surface area (Å²) in [6.45, 7) is 6.66. The molecule has 0 atom stereocenters. The van der Waals surface area contributed by atoms with E-state index < -0.39 is 0 Å². The van der Waals surface area contributed by atoms with Crippen LogP contribution in [0.15, 0.2) is 29.3 Å². The first kappa shape index (κ1) is 18.0. The van der Waals surface area contributed by atoms with Gasteiger partial charge in [0.1, 0.15) is 11.6 Å². The van der Waals surface area contributed by atoms with Crippen molar-refractivity contribution in [3.63, 3.8) is 0 Å². The SMILES string of the molecule is COC(=O)CCN=C(Cc1ccc(OC)cc1)NC(C)(C)C. The van der Waals surface area contributed by atoms with Gasteiger partial charge in [0.2, 0.25) is 0 Å². The highest BCUT2D eigenvalue weighted by Gasteiger charge is 2.13. The summed E-state index contributed by atoms with van der Waals surface area (Å²) >= 11 is 0. The second-order valence-electron chi connectivity index (χ2n) is 6.05. The third-order valence-corrected chi connectivity index (χ3v) is 2.90. The summed E-state index contributed by atoms with van der Waals surface area (Å²) in [7, 11) is 3.04. The molecule has 22 heavy (non-hydrogen) atoms. The Morgan fingerprint density at radius 2 is 1.82 bits per heavy atom. The summed E-state index contributed by atoms with van der Waals surface area (Å²) in [4.78, 5) is 15.7. The van der Waals surface area contributed by atoms with Crippen molar-refractivity contribution in [1.82, 2.24) is 5.32 Å². The van der Waals surface area contributed by atoms with Crippen molar-refractivity contribution in [2.24, 2.45) is 4.99 Å². The number of benzene rings is 1. The number of nitrogens with one attached hydrogen (secondary N) is 1. The molecule has 0 aliphatic rings. The Morgan fingerprint density at radius 3 is 2.32 bits per heavy atom. The zero-order valence-electron chi connectivity index (χ0n) is 14.1. The summed E-state index contributed by atoms with van der Waals surface area (Å²) in [6.07, 6.45) is 0.969. The van der Waals surface area contributed by atoms with Crippen molar-refractivity contribution in [3.05, 3.63) is 29.8 Å². The number of hydrogen-bond donors (Lipinski definition) is 1. The lowest BCUT2D eigenvalue weighted by molar-refractivity contribution is -0.140. The highest BCUT2D eigenvalue weighted by atomic mass is 16.5. The number of ether oxygens (including phenoxy) is 2. The maximum atomic E-state index is 11.2. The predicted molar refractivity (Wildman–Crippen MR) is 88.5 cm³/mol. The average Bonchev–Trinajstić information content (AvgIpc) is 2.46. The lowest BCUT2D eigenvalue weighted by Gasteiger charge is -2.23. The van der Waals surface area contributed by atoms with Gasteiger partial charge in [-0.3, -0.25) is 9.79 Å². The van der Waals surface area contributed by atoms with Gasteiger partial charge in [0.05, 0.1) is 27.2 Å². The second kappa shape index (κ2) is 8.41. The summed E-state index contributed by atoms with van der Waals surface area (Å²) in [6, 6.07) is 7.88. The van der Waals surface area contributed by atoms with Crippen LogP contribution in [0.4, 0.5) is 0 Å². The van der Waals surface area contributed by atoms with Gasteiger partial charge in [0, 0.05) is 12.0 Å². The number of esters is 1. The van der Waals surface area contributed by atoms with Gasteiger partial charge in [-0.25, -0.2) is 0 Å². The third-order valence-electron chi connectivity index (χ3n) is 2.90. The Bertz CT molecular complexity index is 502. The maximum absolute atomic E-state index is 11.2. The number of amidine groups is 1. The molecule has 0 unspecified atom stereocenters. The van der Waals surface area contributed by atoms with Gasteiger partial charge in [-0.2, -0.15) is 0 Å². The molecule has 1 rings (SSSR count). The first-order chi connectivity index (χ1) is 10.3. The molecule has 0 heterocycles. The summed E-state index contributed by atoms with van der Waals surface area (Å²) in [5.74, 6) is 1.45. The van der Waals surface area contributed by atoms with E-state index in [0.29, 0.717) is 13.0 Å². The Labute approximate surface area is 132 Å². The maximum Gasteiger partial charge on any atom is 0.307 e. The number of aliphatic imine (C=N–C) groups is 1. The molecule has 122 valence electrons. The highest BCUT2D eigenvalue weighted by Crippen LogP contribution is 2.12. The van der Waals surface area contributed by atoms with Crippen LogP contribution in [0.3, 0.4) is 0 Å². The second-order valence-corrected chi connectivity index (χ2v) is 6.05. The van der Waals surface area contributed by atoms with Crippen LogP contribution < -0.4 is 10.1 Å². The smallest absolute Gasteiger partial charge is 0.307 e. The van der Waals surface area contributed by atoms with E-state index in [0.717, 1.165) is 17.1 Å². The molecule has 0 aliphatic carbocycles. The molecule has 0 radical (unpaired) electrons. The number of rotatable bonds is 6. The van der Waals surface area contributed by atoms with Crippen molar-refractivity contribution in [2.75, 3.05) is 20.8 Å². The Hall–Kier alpha value is -2.04. The van der Waals surface area contributed by atoms with E-state index in [2.05, 4.69) is 35.8 Å². The molecule has 1 aromatic rings. The van der Waals surface area contributed by atoms with Crippen molar-refractivity contribution >= 4 is 11.8 Å². The molecule has 5 heteroatoms. The van der Waals surface area contributed by atoms with Gasteiger partial charge < -0.3 is 14.8 Å². The lowest BCUT2D eigenvalue weighted by atomic mass is 10.1. The van der Waals surface area contributed by atoms with Gasteiger partial charge in [0.15, 0.2) is 0 Å². The average molecular weight is 306 g/mol. The Morgan fingerprint density at radius 1 is 1.18 bits per heavy atom. The van der Waals surface area contributed by atoms with E-state index >= 15 is 0 Å². The number of methoxy groups -OCH3 is 2. The normalized spacial score (nSPS) is 12.0. The van der Waals surface area contributed by atoms with Gasteiger partial charge >= 0.3 is 5.97 Å². The highest BCUT2D eigenvalue weighted by molar-refractivity contribution is 5.85. The van der Waals surface area contributed by atoms with Gasteiger partial charge in [-0.1, -0.05) is 12.1 Å². The summed E-state index contributed by atoms with van der Waals surface area (Å²) in [5, 5.41) is 3.39. The molecule has 0 aromatic heterocycles. The fourth-order valence-corrected chi connectivity index (χ4v) is 1.89. The Kier molecular flexibility index (Phi) is 6.89. The monoisotopic (exact) mass is 306 g/mol. The zero-order chi connectivity index (χ0) is 16.6. The molecule has 0 aliphatic heterocycles. The van der Waals surface area contributed by atoms with Gasteiger partial charge in [0.25, 0.3) is 0 Å². The largest absolute Gasteiger partial charge is 0.497 e. The fraction of sp³-hybridized carbons (Fsp3) is 0.529. The van der Waals surface area contributed by atoms with Crippen LogP contribution >= 0.6 is 0 Å². The molecule has 0 fully saturated rings. The fourth-order valence-electron chi connectivity index (χ4n) is 1.89. The van der Waals surface area contributed by atoms with Crippen LogP contribution in [0, 0.1) is 0 Å². The topological polar surface area (TPSA) is 59.9 Å². The number of carbonyl (C=O) groups excluding carboxylic acids is 1. The van der Waals surface area contributed by atoms with E-state index in [4.69, 9.17) is 4.74 Å². The number of carbonyl (C=O) groups is 1. The van der Waals surface area contributed by atoms with E-state index in [9.17, 15) is 4.79 Å². The minimum absolute atomic E-state index is 0.0867. The van der Waals surface area contributed by atoms with Crippen LogP contribution in [0.1, 0.15) is 32.8 Å². The van der Waals surface area contributed by atoms with Crippen LogP contribution in [0.25, 0.3) is 0 Å². The number of nitrogens with zero attached hydrogens (tertiary/aromatic N) is 1. The minimum Gasteiger partial charge on any atom is -0.497 e. The van der Waals surface area contributed by atoms with Crippen LogP contribution in [-0.4, -0.2) is 38.1 Å². The number of hydrogen-bond acceptors (Lipinski definition) is 4. The minimum atomic E-state index is -0.247. The molecule has 5 nitrogen and oxygen atoms in total. The van der Waals surface area contributed by atoms with Crippen molar-refractivity contribution in [2.45, 2.75) is 39.2 Å². The van der Waals surface area contributed by atoms with Crippen molar-refractivity contribution in [1.29, 1.82) is 0 Å². The summed E-state index contributed by atoms with van der Waals surface area (Å²) in [5.41, 5.74) is 1.05. The van der Waals surface area contributed by atoms with E-state index in [1.54, 1.807) is 7.11 Å². The van der Waals surface area contributed by atoms with Gasteiger partial charge in [-0.05, 0) is 38.5 Å². The molecule has 1 aromatic carbocycles. The molecule has 0 saturated carbocycles. The molecule has 0 bridgehead atoms. The van der Waals surface area contributed by atoms with Crippen molar-refractivity contribution in [3.8, 4) is 5.75 Å². The zero-order valence-corrected chi connectivity index (χ0v) is 14.1. The van der Waals surface area contributed by atoms with Crippen LogP contribution in [0.5, 0.6) is 5.75 Å². The molecule has 0 saturated heterocycles. The third kappa shape index (κ3) is 7.11. The summed E-state index contributed by atoms with van der Waals surface area (Å²) < 4.78 is 9.80. The molecular weight excluding hydrogens is 280 g/mol. The first-order valence-electron chi connectivity index (χ1n) is 7.35. The van der Waals surface area contributed by atoms with Crippen LogP contribution in [-0.2, 0) is 16.0 Å². The first-order valence-corrected chi connectivity index (χ1v) is 7.35. The van der Waals surface area contributed by atoms with Crippen LogP contribution in [0.2, 0.25) is 0 Å². The lowest BCUT2D eigenvalue weighted by Crippen LogP contribution is -2.41. The molecule has 0 amide bonds. The molecule has 1 N–H and O–H groups in total. The molecule has 0 spiro atoms. The van der Waals surface area contributed by atoms with E-state index in [1.165, 1.54) is 7.11 Å². The quantitative estimate of drug-likeness (QED) is 0.498. The van der Waals surface area contributed by atoms with Gasteiger partial charge in [-0.15, -0.1) is 0 Å². The van der Waals surface area contributed by atoms with E-state index in [1.807, 2.05) is 24.3 Å². The standard InChI is InChI=1S/C17H26N2O3/c1-17(2,3)19-15(18-11-10-16(20)22-5)12-13-6-8-14(21-4)9-7-13/h6-9H,10-12H2,1-5H3,(H,18,19).